The lowest BCUT2D eigenvalue weighted by molar-refractivity contribution is -0.119. The molecule has 0 saturated carbocycles. The third kappa shape index (κ3) is 12.1. The molecule has 270 valence electrons. The monoisotopic (exact) mass is 694 g/mol. The average molecular weight is 695 g/mol. The van der Waals surface area contributed by atoms with Crippen molar-refractivity contribution < 1.29 is 19.2 Å². The fourth-order valence-electron chi connectivity index (χ4n) is 5.20. The van der Waals surface area contributed by atoms with E-state index in [0.717, 1.165) is 44.5 Å². The summed E-state index contributed by atoms with van der Waals surface area (Å²) in [5.74, 6) is -0.848. The molecule has 12 nitrogen and oxygen atoms in total. The summed E-state index contributed by atoms with van der Waals surface area (Å²) in [4.78, 5) is 57.1. The van der Waals surface area contributed by atoms with Gasteiger partial charge in [0.15, 0.2) is 0 Å². The van der Waals surface area contributed by atoms with Crippen molar-refractivity contribution in [3.63, 3.8) is 0 Å². The number of aryl methyl sites for hydroxylation is 1. The number of hydrogen-bond acceptors (Lipinski definition) is 8. The van der Waals surface area contributed by atoms with Crippen molar-refractivity contribution in [2.24, 2.45) is 4.99 Å². The van der Waals surface area contributed by atoms with Crippen LogP contribution >= 0.6 is 0 Å². The highest BCUT2D eigenvalue weighted by Crippen LogP contribution is 2.34. The minimum Gasteiger partial charge on any atom is -0.355 e. The molecule has 3 aromatic rings. The van der Waals surface area contributed by atoms with E-state index in [1.807, 2.05) is 71.0 Å². The van der Waals surface area contributed by atoms with Crippen LogP contribution < -0.4 is 31.9 Å². The molecule has 0 aliphatic heterocycles. The number of pyridine rings is 1. The van der Waals surface area contributed by atoms with Crippen LogP contribution in [0.2, 0.25) is 0 Å². The molecule has 1 heterocycles. The highest BCUT2D eigenvalue weighted by molar-refractivity contribution is 6.06. The first-order valence-electron chi connectivity index (χ1n) is 16.8. The molecule has 0 atom stereocenters. The maximum Gasteiger partial charge on any atom is 0.274 e. The molecule has 0 radical (unpaired) electrons. The predicted molar refractivity (Wildman–Crippen MR) is 205 cm³/mol. The van der Waals surface area contributed by atoms with Crippen LogP contribution in [0.4, 0.5) is 11.4 Å². The summed E-state index contributed by atoms with van der Waals surface area (Å²) in [6.45, 7) is 19.7. The Balaban J connectivity index is 1.72. The zero-order chi connectivity index (χ0) is 37.5. The number of nitrogens with zero attached hydrogens (tertiary/aromatic N) is 2. The zero-order valence-electron chi connectivity index (χ0n) is 30.7. The highest BCUT2D eigenvalue weighted by Gasteiger charge is 2.17. The number of carbonyl (C=O) groups is 4. The van der Waals surface area contributed by atoms with Gasteiger partial charge in [-0.15, -0.1) is 0 Å². The first kappa shape index (κ1) is 40.0. The average Bonchev–Trinajstić information content (AvgIpc) is 3.08. The minimum absolute atomic E-state index is 0.0698. The Morgan fingerprint density at radius 1 is 0.784 bits per heavy atom. The van der Waals surface area contributed by atoms with E-state index in [0.29, 0.717) is 56.3 Å². The van der Waals surface area contributed by atoms with E-state index in [9.17, 15) is 19.2 Å². The van der Waals surface area contributed by atoms with Gasteiger partial charge in [0, 0.05) is 70.7 Å². The molecular formula is C39H50N8O4. The summed E-state index contributed by atoms with van der Waals surface area (Å²) >= 11 is 0. The third-order valence-electron chi connectivity index (χ3n) is 8.39. The van der Waals surface area contributed by atoms with Gasteiger partial charge in [0.05, 0.1) is 0 Å². The lowest BCUT2D eigenvalue weighted by Crippen LogP contribution is -2.31. The second kappa shape index (κ2) is 19.7. The van der Waals surface area contributed by atoms with Crippen LogP contribution in [-0.4, -0.2) is 68.1 Å². The van der Waals surface area contributed by atoms with E-state index in [4.69, 9.17) is 0 Å². The zero-order valence-corrected chi connectivity index (χ0v) is 30.7. The van der Waals surface area contributed by atoms with Crippen molar-refractivity contribution >= 4 is 41.7 Å². The Kier molecular flexibility index (Phi) is 15.4. The first-order chi connectivity index (χ1) is 24.3. The number of nitrogens with one attached hydrogen (secondary N) is 6. The summed E-state index contributed by atoms with van der Waals surface area (Å²) in [6.07, 6.45) is 3.40. The van der Waals surface area contributed by atoms with Gasteiger partial charge >= 0.3 is 0 Å². The van der Waals surface area contributed by atoms with Crippen molar-refractivity contribution in [1.29, 1.82) is 0 Å². The van der Waals surface area contributed by atoms with Crippen LogP contribution in [0.25, 0.3) is 11.1 Å². The number of carbonyl (C=O) groups excluding carboxylic acids is 4. The lowest BCUT2D eigenvalue weighted by atomic mass is 9.94. The van der Waals surface area contributed by atoms with E-state index >= 15 is 0 Å². The smallest absolute Gasteiger partial charge is 0.274 e. The molecule has 2 aromatic carbocycles. The number of allylic oxidation sites excluding steroid dienone is 2. The Morgan fingerprint density at radius 2 is 1.35 bits per heavy atom. The van der Waals surface area contributed by atoms with Crippen LogP contribution in [0.1, 0.15) is 60.4 Å². The Morgan fingerprint density at radius 3 is 1.90 bits per heavy atom. The van der Waals surface area contributed by atoms with Crippen molar-refractivity contribution in [3.8, 4) is 11.1 Å². The fraction of sp³-hybridized carbons (Fsp3) is 0.333. The van der Waals surface area contributed by atoms with Gasteiger partial charge in [-0.1, -0.05) is 29.8 Å². The number of benzene rings is 2. The van der Waals surface area contributed by atoms with Gasteiger partial charge in [0.25, 0.3) is 11.8 Å². The number of rotatable bonds is 17. The van der Waals surface area contributed by atoms with Crippen LogP contribution in [-0.2, 0) is 20.9 Å². The van der Waals surface area contributed by atoms with E-state index in [2.05, 4.69) is 48.6 Å². The molecule has 0 spiro atoms. The van der Waals surface area contributed by atoms with Gasteiger partial charge < -0.3 is 31.9 Å². The largest absolute Gasteiger partial charge is 0.355 e. The van der Waals surface area contributed by atoms with E-state index in [1.54, 1.807) is 18.3 Å². The Labute approximate surface area is 300 Å². The predicted octanol–water partition coefficient (Wildman–Crippen LogP) is 4.74. The van der Waals surface area contributed by atoms with E-state index in [1.165, 1.54) is 13.8 Å². The van der Waals surface area contributed by atoms with E-state index < -0.39 is 0 Å². The lowest BCUT2D eigenvalue weighted by Gasteiger charge is -2.17. The molecule has 6 N–H and O–H groups in total. The normalized spacial score (nSPS) is 11.7. The maximum atomic E-state index is 13.3. The van der Waals surface area contributed by atoms with Crippen LogP contribution in [0.3, 0.4) is 0 Å². The number of aromatic nitrogens is 1. The molecule has 51 heavy (non-hydrogen) atoms. The van der Waals surface area contributed by atoms with Crippen molar-refractivity contribution in [2.75, 3.05) is 43.4 Å². The molecule has 3 rings (SSSR count). The molecule has 0 unspecified atom stereocenters. The first-order valence-corrected chi connectivity index (χ1v) is 16.8. The summed E-state index contributed by atoms with van der Waals surface area (Å²) in [5.41, 5.74) is 9.10. The van der Waals surface area contributed by atoms with Gasteiger partial charge in [0.1, 0.15) is 11.4 Å². The molecule has 0 bridgehead atoms. The van der Waals surface area contributed by atoms with E-state index in [-0.39, 0.29) is 29.3 Å². The van der Waals surface area contributed by atoms with Crippen LogP contribution in [0.5, 0.6) is 0 Å². The maximum absolute atomic E-state index is 13.3. The van der Waals surface area contributed by atoms with Crippen LogP contribution in [0, 0.1) is 20.8 Å². The van der Waals surface area contributed by atoms with Crippen molar-refractivity contribution in [1.82, 2.24) is 26.3 Å². The molecule has 0 saturated heterocycles. The molecule has 0 fully saturated rings. The second-order valence-electron chi connectivity index (χ2n) is 12.3. The minimum atomic E-state index is -0.386. The standard InChI is InChI=1S/C39H50N8O4/c1-24(26(3)21-41-15-17-43-29(6)48)19-36(40-8)38(50)46-34-13-9-11-32(27(34)4)33-12-10-14-35(28(33)5)47-39(51)37-20-25(2)31(23-45-37)22-42-16-18-44-30(7)49/h9-14,19-20,23,41-42H,8,15-18,21-22H2,1-7H3,(H,43,48)(H,44,49)(H,46,50)(H,47,51)/b26-24+,36-19-. The molecule has 4 amide bonds. The number of anilines is 2. The van der Waals surface area contributed by atoms with Gasteiger partial charge in [-0.2, -0.15) is 0 Å². The molecule has 0 aliphatic rings. The van der Waals surface area contributed by atoms with Gasteiger partial charge in [-0.25, -0.2) is 0 Å². The third-order valence-corrected chi connectivity index (χ3v) is 8.39. The summed E-state index contributed by atoms with van der Waals surface area (Å²) in [5, 5.41) is 18.0. The van der Waals surface area contributed by atoms with Crippen molar-refractivity contribution in [3.05, 3.63) is 99.5 Å². The molecular weight excluding hydrogens is 644 g/mol. The second-order valence-corrected chi connectivity index (χ2v) is 12.3. The summed E-state index contributed by atoms with van der Waals surface area (Å²) in [6, 6.07) is 13.2. The number of amides is 4. The molecule has 12 heteroatoms. The SMILES string of the molecule is C=N/C(=C\C(C)=C(/C)CNCCNC(C)=O)C(=O)Nc1cccc(-c2cccc(NC(=O)c3cc(C)c(CNCCNC(C)=O)cn3)c2C)c1C. The Bertz CT molecular complexity index is 1830. The molecule has 0 aliphatic carbocycles. The summed E-state index contributed by atoms with van der Waals surface area (Å²) < 4.78 is 0. The van der Waals surface area contributed by atoms with Gasteiger partial charge in [0.2, 0.25) is 11.8 Å². The van der Waals surface area contributed by atoms with Gasteiger partial charge in [-0.05, 0) is 105 Å². The Hall–Kier alpha value is -5.46. The topological polar surface area (TPSA) is 166 Å². The molecule has 1 aromatic heterocycles. The van der Waals surface area contributed by atoms with Gasteiger partial charge in [-0.3, -0.25) is 29.2 Å². The quantitative estimate of drug-likeness (QED) is 0.0514. The fourth-order valence-corrected chi connectivity index (χ4v) is 5.20. The number of aliphatic imine (C=N–C) groups is 1. The number of hydrogen-bond donors (Lipinski definition) is 6. The summed E-state index contributed by atoms with van der Waals surface area (Å²) in [7, 11) is 0. The van der Waals surface area contributed by atoms with Crippen LogP contribution in [0.15, 0.2) is 76.6 Å². The highest BCUT2D eigenvalue weighted by atomic mass is 16.2. The van der Waals surface area contributed by atoms with Crippen molar-refractivity contribution in [2.45, 2.75) is 55.0 Å².